The molecule has 1 atom stereocenters. The van der Waals surface area contributed by atoms with Crippen molar-refractivity contribution in [3.05, 3.63) is 51.0 Å². The predicted octanol–water partition coefficient (Wildman–Crippen LogP) is 3.87. The Labute approximate surface area is 143 Å². The zero-order valence-corrected chi connectivity index (χ0v) is 14.3. The van der Waals surface area contributed by atoms with Crippen LogP contribution in [-0.4, -0.2) is 18.0 Å². The number of anilines is 1. The Kier molecular flexibility index (Phi) is 4.66. The van der Waals surface area contributed by atoms with Crippen LogP contribution in [0, 0.1) is 12.7 Å². The number of rotatable bonds is 4. The molecule has 0 aliphatic heterocycles. The molecule has 126 valence electrons. The van der Waals surface area contributed by atoms with Crippen LogP contribution in [0.2, 0.25) is 0 Å². The Morgan fingerprint density at radius 3 is 2.79 bits per heavy atom. The summed E-state index contributed by atoms with van der Waals surface area (Å²) in [6, 6.07) is 6.28. The summed E-state index contributed by atoms with van der Waals surface area (Å²) in [7, 11) is 0. The zero-order valence-electron chi connectivity index (χ0n) is 13.5. The lowest BCUT2D eigenvalue weighted by Gasteiger charge is -2.13. The van der Waals surface area contributed by atoms with Crippen LogP contribution in [0.25, 0.3) is 0 Å². The van der Waals surface area contributed by atoms with Gasteiger partial charge in [-0.25, -0.2) is 9.18 Å². The molecule has 1 aliphatic rings. The number of amides is 1. The van der Waals surface area contributed by atoms with E-state index in [9.17, 15) is 14.0 Å². The van der Waals surface area contributed by atoms with Gasteiger partial charge in [-0.1, -0.05) is 6.07 Å². The number of aryl methyl sites for hydroxylation is 3. The number of thiophene rings is 1. The van der Waals surface area contributed by atoms with E-state index in [0.29, 0.717) is 16.1 Å². The van der Waals surface area contributed by atoms with Gasteiger partial charge in [0.2, 0.25) is 0 Å². The molecule has 0 saturated heterocycles. The van der Waals surface area contributed by atoms with E-state index in [0.717, 1.165) is 19.3 Å². The van der Waals surface area contributed by atoms with Crippen LogP contribution in [0.5, 0.6) is 0 Å². The van der Waals surface area contributed by atoms with Gasteiger partial charge in [-0.15, -0.1) is 11.3 Å². The maximum atomic E-state index is 13.5. The van der Waals surface area contributed by atoms with Gasteiger partial charge in [-0.3, -0.25) is 4.79 Å². The molecule has 1 N–H and O–H groups in total. The zero-order chi connectivity index (χ0) is 17.3. The van der Waals surface area contributed by atoms with Crippen LogP contribution in [0.4, 0.5) is 10.1 Å². The van der Waals surface area contributed by atoms with Gasteiger partial charge in [0.1, 0.15) is 10.7 Å². The number of esters is 1. The molecule has 1 aliphatic carbocycles. The molecule has 24 heavy (non-hydrogen) atoms. The standard InChI is InChI=1S/C18H18FNO3S/c1-10-6-7-13(9-14(10)19)20-17(21)11(2)23-18(22)16-8-12-4-3-5-15(12)24-16/h6-9,11H,3-5H2,1-2H3,(H,20,21)/t11-/m0/s1. The highest BCUT2D eigenvalue weighted by Gasteiger charge is 2.23. The molecule has 1 amide bonds. The average molecular weight is 347 g/mol. The predicted molar refractivity (Wildman–Crippen MR) is 91.0 cm³/mol. The minimum atomic E-state index is -0.959. The molecule has 0 fully saturated rings. The van der Waals surface area contributed by atoms with E-state index in [-0.39, 0.29) is 0 Å². The second-order valence-electron chi connectivity index (χ2n) is 5.91. The first kappa shape index (κ1) is 16.6. The second kappa shape index (κ2) is 6.73. The summed E-state index contributed by atoms with van der Waals surface area (Å²) in [6.45, 7) is 3.14. The van der Waals surface area contributed by atoms with Crippen LogP contribution in [0.3, 0.4) is 0 Å². The lowest BCUT2D eigenvalue weighted by Crippen LogP contribution is -2.29. The Morgan fingerprint density at radius 2 is 2.08 bits per heavy atom. The van der Waals surface area contributed by atoms with Crippen LogP contribution >= 0.6 is 11.3 Å². The van der Waals surface area contributed by atoms with Crippen LogP contribution < -0.4 is 5.32 Å². The molecule has 1 aromatic heterocycles. The van der Waals surface area contributed by atoms with Crippen molar-refractivity contribution in [1.29, 1.82) is 0 Å². The first-order valence-corrected chi connectivity index (χ1v) is 8.65. The highest BCUT2D eigenvalue weighted by atomic mass is 32.1. The maximum Gasteiger partial charge on any atom is 0.349 e. The molecule has 0 saturated carbocycles. The van der Waals surface area contributed by atoms with E-state index in [4.69, 9.17) is 4.74 Å². The van der Waals surface area contributed by atoms with Crippen molar-refractivity contribution in [3.63, 3.8) is 0 Å². The summed E-state index contributed by atoms with van der Waals surface area (Å²) in [5, 5.41) is 2.55. The summed E-state index contributed by atoms with van der Waals surface area (Å²) >= 11 is 1.44. The SMILES string of the molecule is Cc1ccc(NC(=O)[C@H](C)OC(=O)c2cc3c(s2)CCC3)cc1F. The molecule has 3 rings (SSSR count). The van der Waals surface area contributed by atoms with Crippen molar-refractivity contribution < 1.29 is 18.7 Å². The third-order valence-electron chi connectivity index (χ3n) is 4.04. The minimum Gasteiger partial charge on any atom is -0.448 e. The summed E-state index contributed by atoms with van der Waals surface area (Å²) < 4.78 is 18.7. The third kappa shape index (κ3) is 3.48. The Morgan fingerprint density at radius 1 is 1.29 bits per heavy atom. The smallest absolute Gasteiger partial charge is 0.349 e. The molecule has 0 radical (unpaired) electrons. The van der Waals surface area contributed by atoms with Gasteiger partial charge in [0.05, 0.1) is 0 Å². The van der Waals surface area contributed by atoms with Gasteiger partial charge in [-0.05, 0) is 62.4 Å². The lowest BCUT2D eigenvalue weighted by molar-refractivity contribution is -0.123. The molecule has 4 nitrogen and oxygen atoms in total. The first-order valence-electron chi connectivity index (χ1n) is 7.83. The van der Waals surface area contributed by atoms with E-state index >= 15 is 0 Å². The van der Waals surface area contributed by atoms with Crippen molar-refractivity contribution in [1.82, 2.24) is 0 Å². The molecule has 2 aromatic rings. The highest BCUT2D eigenvalue weighted by Crippen LogP contribution is 2.31. The minimum absolute atomic E-state index is 0.334. The van der Waals surface area contributed by atoms with E-state index in [1.54, 1.807) is 19.1 Å². The summed E-state index contributed by atoms with van der Waals surface area (Å²) in [5.74, 6) is -1.38. The number of hydrogen-bond donors (Lipinski definition) is 1. The Bertz CT molecular complexity index is 778. The number of ether oxygens (including phenoxy) is 1. The molecule has 0 bridgehead atoms. The monoisotopic (exact) mass is 347 g/mol. The molecular weight excluding hydrogens is 329 g/mol. The molecule has 1 aromatic carbocycles. The fourth-order valence-electron chi connectivity index (χ4n) is 2.62. The van der Waals surface area contributed by atoms with Gasteiger partial charge in [0, 0.05) is 10.6 Å². The van der Waals surface area contributed by atoms with Gasteiger partial charge >= 0.3 is 5.97 Å². The topological polar surface area (TPSA) is 55.4 Å². The highest BCUT2D eigenvalue weighted by molar-refractivity contribution is 7.14. The van der Waals surface area contributed by atoms with Crippen molar-refractivity contribution in [2.24, 2.45) is 0 Å². The summed E-state index contributed by atoms with van der Waals surface area (Å²) in [6.07, 6.45) is 2.16. The second-order valence-corrected chi connectivity index (χ2v) is 7.05. The molecule has 1 heterocycles. The quantitative estimate of drug-likeness (QED) is 0.854. The van der Waals surface area contributed by atoms with Crippen LogP contribution in [-0.2, 0) is 22.4 Å². The first-order chi connectivity index (χ1) is 11.4. The van der Waals surface area contributed by atoms with E-state index in [1.807, 2.05) is 6.07 Å². The van der Waals surface area contributed by atoms with E-state index in [2.05, 4.69) is 5.32 Å². The lowest BCUT2D eigenvalue weighted by atomic mass is 10.2. The number of benzene rings is 1. The van der Waals surface area contributed by atoms with Crippen molar-refractivity contribution in [2.75, 3.05) is 5.32 Å². The van der Waals surface area contributed by atoms with E-state index < -0.39 is 23.8 Å². The number of carbonyl (C=O) groups is 2. The van der Waals surface area contributed by atoms with Gasteiger partial charge in [-0.2, -0.15) is 0 Å². The average Bonchev–Trinajstić information content (AvgIpc) is 3.12. The third-order valence-corrected chi connectivity index (χ3v) is 5.26. The number of hydrogen-bond acceptors (Lipinski definition) is 4. The van der Waals surface area contributed by atoms with Crippen LogP contribution in [0.1, 0.15) is 39.0 Å². The summed E-state index contributed by atoms with van der Waals surface area (Å²) in [5.41, 5.74) is 2.04. The number of nitrogens with one attached hydrogen (secondary N) is 1. The fraction of sp³-hybridized carbons (Fsp3) is 0.333. The number of halogens is 1. The van der Waals surface area contributed by atoms with Crippen LogP contribution in [0.15, 0.2) is 24.3 Å². The maximum absolute atomic E-state index is 13.5. The Hall–Kier alpha value is -2.21. The summed E-state index contributed by atoms with van der Waals surface area (Å²) in [4.78, 5) is 26.0. The van der Waals surface area contributed by atoms with Gasteiger partial charge in [0.25, 0.3) is 5.91 Å². The normalized spacial score (nSPS) is 14.1. The van der Waals surface area contributed by atoms with Gasteiger partial charge in [0.15, 0.2) is 6.10 Å². The molecule has 6 heteroatoms. The fourth-order valence-corrected chi connectivity index (χ4v) is 3.75. The van der Waals surface area contributed by atoms with E-state index in [1.165, 1.54) is 34.8 Å². The number of fused-ring (bicyclic) bond motifs is 1. The van der Waals surface area contributed by atoms with Crippen molar-refractivity contribution in [2.45, 2.75) is 39.2 Å². The van der Waals surface area contributed by atoms with Gasteiger partial charge < -0.3 is 10.1 Å². The Balaban J connectivity index is 1.60. The van der Waals surface area contributed by atoms with Crippen molar-refractivity contribution in [3.8, 4) is 0 Å². The number of carbonyl (C=O) groups excluding carboxylic acids is 2. The molecular formula is C18H18FNO3S. The largest absolute Gasteiger partial charge is 0.448 e. The van der Waals surface area contributed by atoms with Crippen molar-refractivity contribution >= 4 is 28.9 Å². The molecule has 0 unspecified atom stereocenters. The molecule has 0 spiro atoms.